The van der Waals surface area contributed by atoms with Gasteiger partial charge in [-0.2, -0.15) is 4.57 Å². The summed E-state index contributed by atoms with van der Waals surface area (Å²) >= 11 is 1.72. The molecule has 0 saturated heterocycles. The zero-order valence-corrected chi connectivity index (χ0v) is 27.0. The van der Waals surface area contributed by atoms with Crippen LogP contribution in [0.4, 0.5) is 5.69 Å². The van der Waals surface area contributed by atoms with E-state index in [0.29, 0.717) is 13.1 Å². The minimum atomic E-state index is 0. The Balaban J connectivity index is 0.00000160. The van der Waals surface area contributed by atoms with E-state index in [1.807, 2.05) is 30.5 Å². The molecule has 0 spiro atoms. The van der Waals surface area contributed by atoms with Crippen molar-refractivity contribution >= 4 is 34.4 Å². The maximum Gasteiger partial charge on any atom is 0.213 e. The molecule has 4 nitrogen and oxygen atoms in total. The fraction of sp³-hybridized carbons (Fsp3) is 0.174. The zero-order valence-electron chi connectivity index (χ0n) is 16.7. The summed E-state index contributed by atoms with van der Waals surface area (Å²) in [4.78, 5) is 3.37. The summed E-state index contributed by atoms with van der Waals surface area (Å²) in [5.74, 6) is 0. The van der Waals surface area contributed by atoms with Crippen LogP contribution in [0.25, 0.3) is 17.0 Å². The van der Waals surface area contributed by atoms with E-state index in [4.69, 9.17) is 0 Å². The van der Waals surface area contributed by atoms with Crippen LogP contribution in [0.1, 0.15) is 5.56 Å². The Labute approximate surface area is 253 Å². The van der Waals surface area contributed by atoms with E-state index in [1.54, 1.807) is 11.8 Å². The molecule has 0 saturated carbocycles. The first-order chi connectivity index (χ1) is 13.8. The van der Waals surface area contributed by atoms with Crippen molar-refractivity contribution < 1.29 is 103 Å². The van der Waals surface area contributed by atoms with Gasteiger partial charge >= 0.3 is 0 Å². The molecule has 2 aromatic carbocycles. The van der Waals surface area contributed by atoms with Crippen LogP contribution < -0.4 is 9.47 Å². The number of para-hydroxylation sites is 2. The van der Waals surface area contributed by atoms with Crippen LogP contribution in [0.3, 0.4) is 0 Å². The van der Waals surface area contributed by atoms with Gasteiger partial charge in [-0.1, -0.05) is 48.2 Å². The Morgan fingerprint density at radius 3 is 2.50 bits per heavy atom. The van der Waals surface area contributed by atoms with Gasteiger partial charge in [0.05, 0.1) is 22.7 Å². The van der Waals surface area contributed by atoms with Crippen molar-refractivity contribution in [3.05, 3.63) is 83.5 Å². The molecule has 30 heavy (non-hydrogen) atoms. The third kappa shape index (κ3) is 5.99. The molecule has 7 heteroatoms. The van der Waals surface area contributed by atoms with E-state index in [9.17, 15) is 10.2 Å². The number of allylic oxidation sites excluding steroid dienone is 2. The molecule has 0 unspecified atom stereocenters. The first kappa shape index (κ1) is 26.5. The van der Waals surface area contributed by atoms with E-state index in [0.717, 1.165) is 27.2 Å². The number of aliphatic hydroxyl groups excluding tert-OH is 2. The monoisotopic (exact) mass is 845 g/mol. The summed E-state index contributed by atoms with van der Waals surface area (Å²) in [6.07, 6.45) is 8.30. The second kappa shape index (κ2) is 13.1. The van der Waals surface area contributed by atoms with Crippen molar-refractivity contribution in [2.75, 3.05) is 24.7 Å². The SMILES string of the molecule is OCCN1/C(=C/C=C/c2cc[n+](CCO)c3ccccc23)Sc2ccccc21.[Ac].[Ac]. The normalized spacial score (nSPS) is 14.1. The van der Waals surface area contributed by atoms with Gasteiger partial charge in [0.1, 0.15) is 6.61 Å². The van der Waals surface area contributed by atoms with Crippen LogP contribution in [-0.4, -0.2) is 30.0 Å². The van der Waals surface area contributed by atoms with Crippen LogP contribution in [0, 0.1) is 88.1 Å². The minimum absolute atomic E-state index is 0. The van der Waals surface area contributed by atoms with Crippen LogP contribution in [0.5, 0.6) is 0 Å². The molecule has 4 rings (SSSR count). The standard InChI is InChI=1S/C23H23N2O2S.2Ac/c26-16-14-24-13-12-18(19-7-1-2-8-20(19)24)6-5-11-23-25(15-17-27)21-9-3-4-10-22(21)28-23;;/h1-13,26-27H,14-17H2;;/q+1;;. The number of rotatable bonds is 6. The fourth-order valence-electron chi connectivity index (χ4n) is 3.50. The molecule has 0 atom stereocenters. The van der Waals surface area contributed by atoms with Crippen molar-refractivity contribution in [1.29, 1.82) is 0 Å². The minimum Gasteiger partial charge on any atom is -0.395 e. The Morgan fingerprint density at radius 2 is 1.70 bits per heavy atom. The number of aromatic nitrogens is 1. The molecular weight excluding hydrogens is 822 g/mol. The summed E-state index contributed by atoms with van der Waals surface area (Å²) < 4.78 is 2.07. The second-order valence-electron chi connectivity index (χ2n) is 6.51. The molecule has 3 aromatic rings. The van der Waals surface area contributed by atoms with Crippen LogP contribution in [0.2, 0.25) is 0 Å². The summed E-state index contributed by atoms with van der Waals surface area (Å²) in [6, 6.07) is 18.6. The van der Waals surface area contributed by atoms with Crippen molar-refractivity contribution in [2.45, 2.75) is 11.4 Å². The molecule has 2 heterocycles. The quantitative estimate of drug-likeness (QED) is 0.373. The van der Waals surface area contributed by atoms with Gasteiger partial charge in [-0.15, -0.1) is 0 Å². The first-order valence-electron chi connectivity index (χ1n) is 9.37. The van der Waals surface area contributed by atoms with Gasteiger partial charge in [0, 0.05) is 112 Å². The third-order valence-corrected chi connectivity index (χ3v) is 5.90. The largest absolute Gasteiger partial charge is 0.395 e. The number of hydrogen-bond acceptors (Lipinski definition) is 4. The maximum absolute atomic E-state index is 9.45. The van der Waals surface area contributed by atoms with Crippen molar-refractivity contribution in [3.63, 3.8) is 0 Å². The number of nitrogens with zero attached hydrogens (tertiary/aromatic N) is 2. The van der Waals surface area contributed by atoms with Crippen LogP contribution in [-0.2, 0) is 6.54 Å². The van der Waals surface area contributed by atoms with E-state index < -0.39 is 0 Å². The predicted molar refractivity (Wildman–Crippen MR) is 115 cm³/mol. The Hall–Kier alpha value is 0.283. The second-order valence-corrected chi connectivity index (χ2v) is 7.58. The van der Waals surface area contributed by atoms with Crippen molar-refractivity contribution in [1.82, 2.24) is 0 Å². The molecule has 0 fully saturated rings. The van der Waals surface area contributed by atoms with Crippen molar-refractivity contribution in [3.8, 4) is 0 Å². The molecule has 2 radical (unpaired) electrons. The van der Waals surface area contributed by atoms with Gasteiger partial charge in [0.15, 0.2) is 12.7 Å². The van der Waals surface area contributed by atoms with E-state index >= 15 is 0 Å². The average Bonchev–Trinajstić information content (AvgIpc) is 3.07. The molecule has 0 aliphatic carbocycles. The number of thioether (sulfide) groups is 1. The maximum atomic E-state index is 9.45. The van der Waals surface area contributed by atoms with Gasteiger partial charge in [0.25, 0.3) is 0 Å². The number of aliphatic hydroxyl groups is 2. The van der Waals surface area contributed by atoms with Gasteiger partial charge in [-0.05, 0) is 29.8 Å². The number of fused-ring (bicyclic) bond motifs is 2. The number of anilines is 1. The predicted octanol–water partition coefficient (Wildman–Crippen LogP) is 3.58. The molecule has 0 amide bonds. The van der Waals surface area contributed by atoms with Crippen LogP contribution >= 0.6 is 11.8 Å². The molecule has 1 aromatic heterocycles. The number of benzene rings is 2. The Morgan fingerprint density at radius 1 is 0.933 bits per heavy atom. The molecule has 2 N–H and O–H groups in total. The topological polar surface area (TPSA) is 47.6 Å². The third-order valence-electron chi connectivity index (χ3n) is 4.77. The van der Waals surface area contributed by atoms with Gasteiger partial charge in [-0.3, -0.25) is 0 Å². The molecule has 0 bridgehead atoms. The van der Waals surface area contributed by atoms with Crippen molar-refractivity contribution in [2.24, 2.45) is 0 Å². The fourth-order valence-corrected chi connectivity index (χ4v) is 4.60. The number of β-amino-alcohol motifs (C(OH)–C–C–N with tert-alkyl or cyclic N) is 1. The molecule has 1 aliphatic heterocycles. The van der Waals surface area contributed by atoms with Crippen LogP contribution in [0.15, 0.2) is 82.9 Å². The summed E-state index contributed by atoms with van der Waals surface area (Å²) in [6.45, 7) is 1.40. The Bertz CT molecular complexity index is 1060. The first-order valence-corrected chi connectivity index (χ1v) is 10.2. The van der Waals surface area contributed by atoms with Gasteiger partial charge in [-0.25, -0.2) is 0 Å². The zero-order chi connectivity index (χ0) is 19.3. The average molecular weight is 846 g/mol. The Kier molecular flexibility index (Phi) is 11.6. The van der Waals surface area contributed by atoms with E-state index in [-0.39, 0.29) is 101 Å². The van der Waals surface area contributed by atoms with E-state index in [2.05, 4.69) is 58.0 Å². The van der Waals surface area contributed by atoms with Gasteiger partial charge < -0.3 is 15.1 Å². The smallest absolute Gasteiger partial charge is 0.213 e. The van der Waals surface area contributed by atoms with E-state index in [1.165, 1.54) is 4.90 Å². The molecular formula is C23H23Ac2N2O2S+. The molecule has 1 aliphatic rings. The number of hydrogen-bond donors (Lipinski definition) is 2. The molecule has 148 valence electrons. The van der Waals surface area contributed by atoms with Gasteiger partial charge in [0.2, 0.25) is 5.52 Å². The number of pyridine rings is 1. The summed E-state index contributed by atoms with van der Waals surface area (Å²) in [5, 5.41) is 21.0. The summed E-state index contributed by atoms with van der Waals surface area (Å²) in [7, 11) is 0. The summed E-state index contributed by atoms with van der Waals surface area (Å²) in [5.41, 5.74) is 3.39.